The molecule has 0 unspecified atom stereocenters. The zero-order valence-corrected chi connectivity index (χ0v) is 11.9. The summed E-state index contributed by atoms with van der Waals surface area (Å²) in [6.45, 7) is 4.72. The standard InChI is InChI=1S/C13H21N3OS/c1-3-4-5-6-7-8-17-13-15-10(2)9-11(16-13)12(14)18/h9H,3-8H2,1-2H3,(H2,14,18). The van der Waals surface area contributed by atoms with Crippen LogP contribution in [0, 0.1) is 6.92 Å². The molecule has 0 aliphatic carbocycles. The normalized spacial score (nSPS) is 10.3. The molecule has 0 amide bonds. The molecule has 18 heavy (non-hydrogen) atoms. The maximum absolute atomic E-state index is 5.55. The Bertz CT molecular complexity index is 396. The monoisotopic (exact) mass is 267 g/mol. The lowest BCUT2D eigenvalue weighted by atomic mass is 10.2. The summed E-state index contributed by atoms with van der Waals surface area (Å²) in [5, 5.41) is 0. The van der Waals surface area contributed by atoms with Crippen LogP contribution < -0.4 is 10.5 Å². The maximum Gasteiger partial charge on any atom is 0.317 e. The molecule has 1 aromatic heterocycles. The molecular weight excluding hydrogens is 246 g/mol. The van der Waals surface area contributed by atoms with Crippen molar-refractivity contribution in [3.8, 4) is 6.01 Å². The predicted octanol–water partition coefficient (Wildman–Crippen LogP) is 2.77. The second kappa shape index (κ2) is 7.97. The summed E-state index contributed by atoms with van der Waals surface area (Å²) < 4.78 is 5.52. The summed E-state index contributed by atoms with van der Waals surface area (Å²) in [6, 6.07) is 2.13. The van der Waals surface area contributed by atoms with Crippen LogP contribution in [0.25, 0.3) is 0 Å². The molecule has 0 atom stereocenters. The van der Waals surface area contributed by atoms with Crippen LogP contribution in [0.3, 0.4) is 0 Å². The minimum Gasteiger partial charge on any atom is -0.463 e. The minimum atomic E-state index is 0.272. The number of thiocarbonyl (C=S) groups is 1. The number of rotatable bonds is 8. The summed E-state index contributed by atoms with van der Waals surface area (Å²) in [6.07, 6.45) is 6.00. The van der Waals surface area contributed by atoms with Gasteiger partial charge in [0.15, 0.2) is 0 Å². The topological polar surface area (TPSA) is 61.0 Å². The number of nitrogens with two attached hydrogens (primary N) is 1. The highest BCUT2D eigenvalue weighted by molar-refractivity contribution is 7.80. The molecule has 0 aliphatic heterocycles. The maximum atomic E-state index is 5.55. The lowest BCUT2D eigenvalue weighted by Crippen LogP contribution is -2.14. The van der Waals surface area contributed by atoms with E-state index in [1.165, 1.54) is 25.7 Å². The van der Waals surface area contributed by atoms with Gasteiger partial charge in [0.2, 0.25) is 0 Å². The zero-order chi connectivity index (χ0) is 13.4. The second-order valence-corrected chi connectivity index (χ2v) is 4.74. The van der Waals surface area contributed by atoms with E-state index in [1.807, 2.05) is 6.92 Å². The number of hydrogen-bond donors (Lipinski definition) is 1. The van der Waals surface area contributed by atoms with Crippen molar-refractivity contribution in [2.75, 3.05) is 6.61 Å². The number of ether oxygens (including phenoxy) is 1. The van der Waals surface area contributed by atoms with Gasteiger partial charge in [-0.2, -0.15) is 4.98 Å². The molecule has 0 aliphatic rings. The summed E-state index contributed by atoms with van der Waals surface area (Å²) in [5.74, 6) is 0. The molecule has 1 aromatic rings. The van der Waals surface area contributed by atoms with E-state index in [9.17, 15) is 0 Å². The van der Waals surface area contributed by atoms with Gasteiger partial charge in [-0.3, -0.25) is 0 Å². The van der Waals surface area contributed by atoms with Crippen molar-refractivity contribution in [2.45, 2.75) is 46.0 Å². The van der Waals surface area contributed by atoms with Crippen molar-refractivity contribution in [1.82, 2.24) is 9.97 Å². The number of nitrogens with zero attached hydrogens (tertiary/aromatic N) is 2. The number of hydrogen-bond acceptors (Lipinski definition) is 4. The zero-order valence-electron chi connectivity index (χ0n) is 11.1. The molecule has 0 bridgehead atoms. The van der Waals surface area contributed by atoms with Gasteiger partial charge in [0, 0.05) is 5.69 Å². The highest BCUT2D eigenvalue weighted by Gasteiger charge is 2.05. The van der Waals surface area contributed by atoms with Gasteiger partial charge in [-0.15, -0.1) is 0 Å². The Morgan fingerprint density at radius 3 is 2.67 bits per heavy atom. The minimum absolute atomic E-state index is 0.272. The molecular formula is C13H21N3OS. The number of unbranched alkanes of at least 4 members (excludes halogenated alkanes) is 4. The highest BCUT2D eigenvalue weighted by Crippen LogP contribution is 2.08. The van der Waals surface area contributed by atoms with Gasteiger partial charge >= 0.3 is 6.01 Å². The van der Waals surface area contributed by atoms with Gasteiger partial charge in [0.25, 0.3) is 0 Å². The highest BCUT2D eigenvalue weighted by atomic mass is 32.1. The third-order valence-corrected chi connectivity index (χ3v) is 2.77. The average Bonchev–Trinajstić information content (AvgIpc) is 2.33. The first-order valence-electron chi connectivity index (χ1n) is 6.41. The van der Waals surface area contributed by atoms with Gasteiger partial charge < -0.3 is 10.5 Å². The molecule has 0 radical (unpaired) electrons. The van der Waals surface area contributed by atoms with Gasteiger partial charge in [-0.1, -0.05) is 44.8 Å². The Hall–Kier alpha value is -1.23. The van der Waals surface area contributed by atoms with Crippen LogP contribution >= 0.6 is 12.2 Å². The molecule has 2 N–H and O–H groups in total. The third kappa shape index (κ3) is 5.40. The molecule has 0 saturated carbocycles. The van der Waals surface area contributed by atoms with E-state index < -0.39 is 0 Å². The molecule has 0 fully saturated rings. The van der Waals surface area contributed by atoms with E-state index in [4.69, 9.17) is 22.7 Å². The Balaban J connectivity index is 2.40. The Morgan fingerprint density at radius 1 is 1.28 bits per heavy atom. The Morgan fingerprint density at radius 2 is 2.00 bits per heavy atom. The fourth-order valence-corrected chi connectivity index (χ4v) is 1.71. The molecule has 5 heteroatoms. The first-order chi connectivity index (χ1) is 8.63. The van der Waals surface area contributed by atoms with Crippen LogP contribution in [-0.4, -0.2) is 21.6 Å². The molecule has 0 spiro atoms. The third-order valence-electron chi connectivity index (χ3n) is 2.57. The average molecular weight is 267 g/mol. The van der Waals surface area contributed by atoms with Crippen LogP contribution in [0.2, 0.25) is 0 Å². The summed E-state index contributed by atoms with van der Waals surface area (Å²) in [7, 11) is 0. The van der Waals surface area contributed by atoms with E-state index in [-0.39, 0.29) is 4.99 Å². The van der Waals surface area contributed by atoms with Crippen LogP contribution in [0.15, 0.2) is 6.07 Å². The van der Waals surface area contributed by atoms with Gasteiger partial charge in [0.1, 0.15) is 10.7 Å². The van der Waals surface area contributed by atoms with Crippen molar-refractivity contribution < 1.29 is 4.74 Å². The number of aromatic nitrogens is 2. The second-order valence-electron chi connectivity index (χ2n) is 4.30. The van der Waals surface area contributed by atoms with Crippen LogP contribution in [0.4, 0.5) is 0 Å². The molecule has 0 aromatic carbocycles. The van der Waals surface area contributed by atoms with Gasteiger partial charge in [-0.25, -0.2) is 4.98 Å². The first-order valence-corrected chi connectivity index (χ1v) is 6.82. The van der Waals surface area contributed by atoms with E-state index >= 15 is 0 Å². The summed E-state index contributed by atoms with van der Waals surface area (Å²) >= 11 is 4.90. The quantitative estimate of drug-likeness (QED) is 0.579. The van der Waals surface area contributed by atoms with Crippen molar-refractivity contribution in [3.63, 3.8) is 0 Å². The Kier molecular flexibility index (Phi) is 6.57. The van der Waals surface area contributed by atoms with Crippen LogP contribution in [0.5, 0.6) is 6.01 Å². The fourth-order valence-electron chi connectivity index (χ4n) is 1.60. The van der Waals surface area contributed by atoms with Crippen molar-refractivity contribution in [3.05, 3.63) is 17.5 Å². The van der Waals surface area contributed by atoms with Crippen molar-refractivity contribution >= 4 is 17.2 Å². The van der Waals surface area contributed by atoms with E-state index in [0.29, 0.717) is 18.3 Å². The van der Waals surface area contributed by atoms with E-state index in [0.717, 1.165) is 12.1 Å². The Labute approximate surface area is 114 Å². The molecule has 100 valence electrons. The smallest absolute Gasteiger partial charge is 0.317 e. The molecule has 1 rings (SSSR count). The van der Waals surface area contributed by atoms with Gasteiger partial charge in [-0.05, 0) is 19.4 Å². The van der Waals surface area contributed by atoms with Gasteiger partial charge in [0.05, 0.1) is 6.61 Å². The molecule has 0 saturated heterocycles. The lowest BCUT2D eigenvalue weighted by Gasteiger charge is -2.06. The van der Waals surface area contributed by atoms with Crippen molar-refractivity contribution in [2.24, 2.45) is 5.73 Å². The van der Waals surface area contributed by atoms with E-state index in [2.05, 4.69) is 16.9 Å². The first kappa shape index (κ1) is 14.8. The SMILES string of the molecule is CCCCCCCOc1nc(C)cc(C(N)=S)n1. The summed E-state index contributed by atoms with van der Waals surface area (Å²) in [4.78, 5) is 8.64. The van der Waals surface area contributed by atoms with Crippen molar-refractivity contribution in [1.29, 1.82) is 0 Å². The predicted molar refractivity (Wildman–Crippen MR) is 76.9 cm³/mol. The van der Waals surface area contributed by atoms with E-state index in [1.54, 1.807) is 6.07 Å². The largest absolute Gasteiger partial charge is 0.463 e. The van der Waals surface area contributed by atoms with Crippen LogP contribution in [-0.2, 0) is 0 Å². The fraction of sp³-hybridized carbons (Fsp3) is 0.615. The lowest BCUT2D eigenvalue weighted by molar-refractivity contribution is 0.280. The number of aryl methyl sites for hydroxylation is 1. The molecule has 1 heterocycles. The summed E-state index contributed by atoms with van der Waals surface area (Å²) in [5.41, 5.74) is 6.93. The molecule has 4 nitrogen and oxygen atoms in total. The van der Waals surface area contributed by atoms with Crippen LogP contribution in [0.1, 0.15) is 50.4 Å².